The highest BCUT2D eigenvalue weighted by Crippen LogP contribution is 2.57. The van der Waals surface area contributed by atoms with E-state index in [2.05, 4.69) is 34.6 Å². The highest BCUT2D eigenvalue weighted by Gasteiger charge is 2.74. The lowest BCUT2D eigenvalue weighted by Crippen LogP contribution is -2.60. The van der Waals surface area contributed by atoms with Crippen molar-refractivity contribution < 1.29 is 29.0 Å². The number of cyclic esters (lactones) is 1. The van der Waals surface area contributed by atoms with Gasteiger partial charge in [-0.25, -0.2) is 0 Å². The molecule has 0 radical (unpaired) electrons. The normalized spacial score (nSPS) is 33.4. The summed E-state index contributed by atoms with van der Waals surface area (Å²) in [6.07, 6.45) is 12.1. The Kier molecular flexibility index (Phi) is 7.90. The van der Waals surface area contributed by atoms with E-state index in [4.69, 9.17) is 14.6 Å². The lowest BCUT2D eigenvalue weighted by Gasteiger charge is -2.45. The maximum absolute atomic E-state index is 14.6. The molecule has 8 nitrogen and oxygen atoms in total. The number of likely N-dealkylation sites (tertiary alicyclic amines) is 1. The van der Waals surface area contributed by atoms with Crippen LogP contribution in [0.4, 0.5) is 0 Å². The van der Waals surface area contributed by atoms with Crippen molar-refractivity contribution in [2.75, 3.05) is 26.3 Å². The molecule has 1 unspecified atom stereocenters. The molecule has 0 saturated carbocycles. The molecule has 0 aromatic carbocycles. The Balaban J connectivity index is 1.77. The van der Waals surface area contributed by atoms with E-state index in [0.717, 1.165) is 19.3 Å². The van der Waals surface area contributed by atoms with Crippen LogP contribution in [0.5, 0.6) is 0 Å². The van der Waals surface area contributed by atoms with E-state index in [1.807, 2.05) is 36.1 Å². The Morgan fingerprint density at radius 3 is 2.37 bits per heavy atom. The summed E-state index contributed by atoms with van der Waals surface area (Å²) in [6, 6.07) is -0.859. The van der Waals surface area contributed by atoms with Gasteiger partial charge in [-0.1, -0.05) is 57.9 Å². The minimum atomic E-state index is -1.25. The van der Waals surface area contributed by atoms with Gasteiger partial charge in [0.05, 0.1) is 18.1 Å². The van der Waals surface area contributed by atoms with Crippen LogP contribution in [-0.2, 0) is 23.9 Å². The van der Waals surface area contributed by atoms with Gasteiger partial charge in [0, 0.05) is 25.2 Å². The van der Waals surface area contributed by atoms with Crippen molar-refractivity contribution in [3.8, 4) is 0 Å². The number of rotatable bonds is 8. The predicted octanol–water partition coefficient (Wildman–Crippen LogP) is 3.63. The number of carbonyl (C=O) groups is 3. The van der Waals surface area contributed by atoms with Gasteiger partial charge in [0.1, 0.15) is 17.6 Å². The van der Waals surface area contributed by atoms with Crippen molar-refractivity contribution >= 4 is 17.8 Å². The largest absolute Gasteiger partial charge is 0.465 e. The summed E-state index contributed by atoms with van der Waals surface area (Å²) in [5.41, 5.74) is -2.76. The van der Waals surface area contributed by atoms with Crippen LogP contribution >= 0.6 is 0 Å². The van der Waals surface area contributed by atoms with Gasteiger partial charge in [0.15, 0.2) is 0 Å². The Bertz CT molecular complexity index is 997. The molecule has 0 bridgehead atoms. The van der Waals surface area contributed by atoms with E-state index in [0.29, 0.717) is 32.4 Å². The molecule has 4 aliphatic rings. The number of nitrogens with zero attached hydrogens (tertiary/aromatic N) is 2. The lowest BCUT2D eigenvalue weighted by molar-refractivity contribution is -0.161. The third kappa shape index (κ3) is 5.06. The second-order valence-electron chi connectivity index (χ2n) is 13.4. The van der Waals surface area contributed by atoms with Crippen LogP contribution in [0.3, 0.4) is 0 Å². The number of unbranched alkanes of at least 4 members (excludes halogenated alkanes) is 3. The topological polar surface area (TPSA) is 96.4 Å². The standard InChI is InChI=1S/C30H46N2O6/c1-27(2,3)20-28(4,5)32-17-13-15-30-21(22-26(36)37-19-12-9-14-29(22,6)38-30)24(34)31(23(30)25(32)35)16-10-7-8-11-18-33/h9,13-15,21-23,33H,7-8,10-12,16-20H2,1-6H3/t21-,22-,23?,29+,30-/m0/s1. The Labute approximate surface area is 227 Å². The molecule has 2 amide bonds. The summed E-state index contributed by atoms with van der Waals surface area (Å²) in [4.78, 5) is 45.7. The number of fused-ring (bicyclic) bond motifs is 2. The lowest BCUT2D eigenvalue weighted by atomic mass is 9.74. The number of esters is 1. The zero-order valence-corrected chi connectivity index (χ0v) is 24.0. The summed E-state index contributed by atoms with van der Waals surface area (Å²) >= 11 is 0. The fourth-order valence-electron chi connectivity index (χ4n) is 7.41. The average Bonchev–Trinajstić information content (AvgIpc) is 3.10. The van der Waals surface area contributed by atoms with Crippen LogP contribution in [0, 0.1) is 17.3 Å². The molecular weight excluding hydrogens is 484 g/mol. The summed E-state index contributed by atoms with van der Waals surface area (Å²) in [7, 11) is 0. The first-order valence-corrected chi connectivity index (χ1v) is 14.2. The van der Waals surface area contributed by atoms with Crippen LogP contribution in [0.15, 0.2) is 24.3 Å². The summed E-state index contributed by atoms with van der Waals surface area (Å²) in [5, 5.41) is 9.15. The van der Waals surface area contributed by atoms with Crippen LogP contribution in [0.25, 0.3) is 0 Å². The third-order valence-electron chi connectivity index (χ3n) is 8.52. The molecular formula is C30H46N2O6. The molecule has 212 valence electrons. The van der Waals surface area contributed by atoms with Crippen molar-refractivity contribution in [2.24, 2.45) is 17.3 Å². The zero-order chi connectivity index (χ0) is 27.9. The van der Waals surface area contributed by atoms with E-state index in [-0.39, 0.29) is 30.4 Å². The highest BCUT2D eigenvalue weighted by molar-refractivity contribution is 5.99. The van der Waals surface area contributed by atoms with Crippen LogP contribution in [0.1, 0.15) is 80.1 Å². The van der Waals surface area contributed by atoms with E-state index in [1.54, 1.807) is 4.90 Å². The number of amides is 2. The fraction of sp³-hybridized carbons (Fsp3) is 0.767. The Hall–Kier alpha value is -2.19. The van der Waals surface area contributed by atoms with Gasteiger partial charge in [0.2, 0.25) is 11.8 Å². The molecule has 1 spiro atoms. The first kappa shape index (κ1) is 28.8. The van der Waals surface area contributed by atoms with Gasteiger partial charge in [0.25, 0.3) is 0 Å². The second-order valence-corrected chi connectivity index (χ2v) is 13.4. The number of carbonyl (C=O) groups excluding carboxylic acids is 3. The first-order chi connectivity index (χ1) is 17.8. The average molecular weight is 531 g/mol. The molecule has 2 saturated heterocycles. The van der Waals surface area contributed by atoms with Crippen molar-refractivity contribution in [1.82, 2.24) is 9.80 Å². The SMILES string of the molecule is CC(C)(C)CC(C)(C)N1CC=C[C@]23O[C@]4(C)C=CCCOC(=O)[C@@H]4[C@H]2C(=O)N(CCCCCCO)C3C1=O. The van der Waals surface area contributed by atoms with E-state index < -0.39 is 40.6 Å². The van der Waals surface area contributed by atoms with Crippen molar-refractivity contribution in [1.29, 1.82) is 0 Å². The summed E-state index contributed by atoms with van der Waals surface area (Å²) < 4.78 is 12.4. The quantitative estimate of drug-likeness (QED) is 0.293. The molecule has 8 heteroatoms. The van der Waals surface area contributed by atoms with Crippen molar-refractivity contribution in [3.05, 3.63) is 24.3 Å². The van der Waals surface area contributed by atoms with Gasteiger partial charge >= 0.3 is 5.97 Å². The van der Waals surface area contributed by atoms with Gasteiger partial charge in [-0.15, -0.1) is 0 Å². The smallest absolute Gasteiger partial charge is 0.313 e. The van der Waals surface area contributed by atoms with Crippen LogP contribution < -0.4 is 0 Å². The number of ether oxygens (including phenoxy) is 2. The minimum absolute atomic E-state index is 0.00472. The molecule has 2 fully saturated rings. The minimum Gasteiger partial charge on any atom is -0.465 e. The zero-order valence-electron chi connectivity index (χ0n) is 24.0. The maximum Gasteiger partial charge on any atom is 0.313 e. The molecule has 4 heterocycles. The van der Waals surface area contributed by atoms with Crippen molar-refractivity contribution in [2.45, 2.75) is 103 Å². The van der Waals surface area contributed by atoms with Gasteiger partial charge in [-0.3, -0.25) is 14.4 Å². The van der Waals surface area contributed by atoms with Crippen LogP contribution in [-0.4, -0.2) is 81.8 Å². The van der Waals surface area contributed by atoms with Gasteiger partial charge < -0.3 is 24.4 Å². The molecule has 0 aliphatic carbocycles. The molecule has 5 atom stereocenters. The molecule has 1 N–H and O–H groups in total. The number of hydrogen-bond donors (Lipinski definition) is 1. The van der Waals surface area contributed by atoms with E-state index in [1.165, 1.54) is 0 Å². The fourth-order valence-corrected chi connectivity index (χ4v) is 7.41. The number of aliphatic hydroxyl groups is 1. The summed E-state index contributed by atoms with van der Waals surface area (Å²) in [5.74, 6) is -2.46. The first-order valence-electron chi connectivity index (χ1n) is 14.2. The Morgan fingerprint density at radius 1 is 0.974 bits per heavy atom. The number of hydrogen-bond acceptors (Lipinski definition) is 6. The second kappa shape index (κ2) is 10.4. The van der Waals surface area contributed by atoms with Gasteiger partial charge in [-0.2, -0.15) is 0 Å². The van der Waals surface area contributed by atoms with Crippen molar-refractivity contribution in [3.63, 3.8) is 0 Å². The molecule has 0 aromatic heterocycles. The predicted molar refractivity (Wildman–Crippen MR) is 144 cm³/mol. The molecule has 4 aliphatic heterocycles. The molecule has 4 rings (SSSR count). The summed E-state index contributed by atoms with van der Waals surface area (Å²) in [6.45, 7) is 13.7. The van der Waals surface area contributed by atoms with Crippen LogP contribution in [0.2, 0.25) is 0 Å². The monoisotopic (exact) mass is 530 g/mol. The Morgan fingerprint density at radius 2 is 1.68 bits per heavy atom. The molecule has 38 heavy (non-hydrogen) atoms. The number of aliphatic hydroxyl groups excluding tert-OH is 1. The van der Waals surface area contributed by atoms with E-state index >= 15 is 0 Å². The highest BCUT2D eigenvalue weighted by atomic mass is 16.6. The van der Waals surface area contributed by atoms with E-state index in [9.17, 15) is 14.4 Å². The third-order valence-corrected chi connectivity index (χ3v) is 8.52. The molecule has 0 aromatic rings. The maximum atomic E-state index is 14.6. The van der Waals surface area contributed by atoms with Gasteiger partial charge in [-0.05, 0) is 51.9 Å².